The van der Waals surface area contributed by atoms with Gasteiger partial charge in [0.15, 0.2) is 0 Å². The van der Waals surface area contributed by atoms with E-state index in [2.05, 4.69) is 0 Å². The second-order valence-corrected chi connectivity index (χ2v) is 6.12. The van der Waals surface area contributed by atoms with Crippen LogP contribution >= 0.6 is 0 Å². The average Bonchev–Trinajstić information content (AvgIpc) is 2.36. The average molecular weight is 272 g/mol. The number of nitrogens with zero attached hydrogens (tertiary/aromatic N) is 1. The van der Waals surface area contributed by atoms with E-state index in [0.717, 1.165) is 11.1 Å². The molecule has 0 unspecified atom stereocenters. The minimum Gasteiger partial charge on any atom is -0.383 e. The van der Waals surface area contributed by atoms with Crippen molar-refractivity contribution in [3.05, 3.63) is 35.4 Å². The summed E-state index contributed by atoms with van der Waals surface area (Å²) >= 11 is 0. The maximum atomic E-state index is 12.1. The van der Waals surface area contributed by atoms with Gasteiger partial charge in [-0.05, 0) is 11.1 Å². The number of rotatable bonds is 7. The van der Waals surface area contributed by atoms with E-state index >= 15 is 0 Å². The van der Waals surface area contributed by atoms with Gasteiger partial charge in [0.2, 0.25) is 10.0 Å². The molecule has 1 aromatic carbocycles. The van der Waals surface area contributed by atoms with Crippen molar-refractivity contribution in [3.8, 4) is 0 Å². The lowest BCUT2D eigenvalue weighted by Crippen LogP contribution is -2.31. The van der Waals surface area contributed by atoms with Gasteiger partial charge in [-0.1, -0.05) is 24.3 Å². The molecule has 0 spiro atoms. The number of methoxy groups -OCH3 is 1. The van der Waals surface area contributed by atoms with E-state index in [1.54, 1.807) is 20.2 Å². The van der Waals surface area contributed by atoms with Gasteiger partial charge in [0.25, 0.3) is 0 Å². The summed E-state index contributed by atoms with van der Waals surface area (Å²) in [6.07, 6.45) is 0. The number of nitrogens with two attached hydrogens (primary N) is 1. The van der Waals surface area contributed by atoms with Crippen molar-refractivity contribution in [1.29, 1.82) is 0 Å². The van der Waals surface area contributed by atoms with Gasteiger partial charge in [-0.2, -0.15) is 0 Å². The first-order chi connectivity index (χ1) is 8.51. The summed E-state index contributed by atoms with van der Waals surface area (Å²) in [6, 6.07) is 7.32. The summed E-state index contributed by atoms with van der Waals surface area (Å²) in [5, 5.41) is 0. The first-order valence-corrected chi connectivity index (χ1v) is 7.32. The van der Waals surface area contributed by atoms with Crippen LogP contribution in [0.4, 0.5) is 0 Å². The van der Waals surface area contributed by atoms with Crippen molar-refractivity contribution in [2.24, 2.45) is 5.73 Å². The van der Waals surface area contributed by atoms with Gasteiger partial charge in [-0.15, -0.1) is 0 Å². The van der Waals surface area contributed by atoms with Crippen molar-refractivity contribution in [2.75, 3.05) is 27.3 Å². The van der Waals surface area contributed by atoms with Crippen LogP contribution in [0.15, 0.2) is 24.3 Å². The Morgan fingerprint density at radius 2 is 1.89 bits per heavy atom. The molecule has 0 atom stereocenters. The third-order valence-electron chi connectivity index (χ3n) is 2.76. The Balaban J connectivity index is 2.82. The van der Waals surface area contributed by atoms with Gasteiger partial charge in [0.05, 0.1) is 12.4 Å². The van der Waals surface area contributed by atoms with Gasteiger partial charge in [0, 0.05) is 27.2 Å². The van der Waals surface area contributed by atoms with E-state index in [-0.39, 0.29) is 5.75 Å². The number of hydrogen-bond donors (Lipinski definition) is 1. The molecular formula is C12H20N2O3S. The lowest BCUT2D eigenvalue weighted by atomic mass is 10.1. The number of likely N-dealkylation sites (N-methyl/N-ethyl adjacent to an activating group) is 1. The number of sulfonamides is 1. The molecule has 0 saturated carbocycles. The highest BCUT2D eigenvalue weighted by molar-refractivity contribution is 7.88. The molecule has 0 saturated heterocycles. The first kappa shape index (κ1) is 15.1. The van der Waals surface area contributed by atoms with Crippen molar-refractivity contribution in [1.82, 2.24) is 4.31 Å². The quantitative estimate of drug-likeness (QED) is 0.787. The molecule has 102 valence electrons. The van der Waals surface area contributed by atoms with Crippen LogP contribution in [0.25, 0.3) is 0 Å². The molecule has 0 fully saturated rings. The topological polar surface area (TPSA) is 72.6 Å². The number of ether oxygens (including phenoxy) is 1. The van der Waals surface area contributed by atoms with Crippen LogP contribution in [0, 0.1) is 0 Å². The van der Waals surface area contributed by atoms with Crippen LogP contribution in [0.1, 0.15) is 11.1 Å². The Morgan fingerprint density at radius 3 is 2.44 bits per heavy atom. The summed E-state index contributed by atoms with van der Waals surface area (Å²) in [5.41, 5.74) is 7.21. The number of benzene rings is 1. The van der Waals surface area contributed by atoms with Gasteiger partial charge in [-0.25, -0.2) is 12.7 Å². The van der Waals surface area contributed by atoms with Crippen LogP contribution in [-0.2, 0) is 27.1 Å². The molecule has 0 aliphatic heterocycles. The Labute approximate surface area is 109 Å². The molecule has 0 aliphatic carbocycles. The second kappa shape index (κ2) is 6.84. The largest absolute Gasteiger partial charge is 0.383 e. The maximum absolute atomic E-state index is 12.1. The van der Waals surface area contributed by atoms with E-state index in [0.29, 0.717) is 19.7 Å². The first-order valence-electron chi connectivity index (χ1n) is 5.71. The standard InChI is InChI=1S/C12H20N2O3S/c1-14(7-8-17-2)18(15,16)10-12-6-4-3-5-11(12)9-13/h3-6H,7-10,13H2,1-2H3. The van der Waals surface area contributed by atoms with E-state index in [1.165, 1.54) is 4.31 Å². The fourth-order valence-electron chi connectivity index (χ4n) is 1.56. The molecule has 0 radical (unpaired) electrons. The summed E-state index contributed by atoms with van der Waals surface area (Å²) in [5.74, 6) is -0.0272. The zero-order chi connectivity index (χ0) is 13.6. The predicted octanol–water partition coefficient (Wildman–Crippen LogP) is 0.553. The summed E-state index contributed by atoms with van der Waals surface area (Å²) in [6.45, 7) is 1.07. The second-order valence-electron chi connectivity index (χ2n) is 4.04. The van der Waals surface area contributed by atoms with Crippen molar-refractivity contribution < 1.29 is 13.2 Å². The maximum Gasteiger partial charge on any atom is 0.218 e. The molecule has 18 heavy (non-hydrogen) atoms. The zero-order valence-electron chi connectivity index (χ0n) is 10.8. The smallest absolute Gasteiger partial charge is 0.218 e. The van der Waals surface area contributed by atoms with Gasteiger partial charge in [0.1, 0.15) is 0 Å². The lowest BCUT2D eigenvalue weighted by molar-refractivity contribution is 0.185. The molecule has 0 aromatic heterocycles. The summed E-state index contributed by atoms with van der Waals surface area (Å²) < 4.78 is 30.4. The molecule has 0 heterocycles. The molecule has 2 N–H and O–H groups in total. The third kappa shape index (κ3) is 4.06. The monoisotopic (exact) mass is 272 g/mol. The molecule has 5 nitrogen and oxygen atoms in total. The van der Waals surface area contributed by atoms with Gasteiger partial charge >= 0.3 is 0 Å². The summed E-state index contributed by atoms with van der Waals surface area (Å²) in [4.78, 5) is 0. The molecule has 0 amide bonds. The van der Waals surface area contributed by atoms with E-state index < -0.39 is 10.0 Å². The SMILES string of the molecule is COCCN(C)S(=O)(=O)Cc1ccccc1CN. The third-order valence-corrected chi connectivity index (χ3v) is 4.57. The molecular weight excluding hydrogens is 252 g/mol. The fraction of sp³-hybridized carbons (Fsp3) is 0.500. The van der Waals surface area contributed by atoms with Crippen LogP contribution in [-0.4, -0.2) is 40.0 Å². The van der Waals surface area contributed by atoms with Crippen LogP contribution in [0.3, 0.4) is 0 Å². The van der Waals surface area contributed by atoms with Crippen LogP contribution in [0.5, 0.6) is 0 Å². The van der Waals surface area contributed by atoms with Crippen molar-refractivity contribution >= 4 is 10.0 Å². The highest BCUT2D eigenvalue weighted by Gasteiger charge is 2.19. The van der Waals surface area contributed by atoms with Crippen LogP contribution < -0.4 is 5.73 Å². The van der Waals surface area contributed by atoms with Crippen molar-refractivity contribution in [2.45, 2.75) is 12.3 Å². The molecule has 1 rings (SSSR count). The molecule has 0 aliphatic rings. The Hall–Kier alpha value is -0.950. The Kier molecular flexibility index (Phi) is 5.74. The Morgan fingerprint density at radius 1 is 1.28 bits per heavy atom. The molecule has 0 bridgehead atoms. The van der Waals surface area contributed by atoms with Gasteiger partial charge < -0.3 is 10.5 Å². The van der Waals surface area contributed by atoms with E-state index in [9.17, 15) is 8.42 Å². The summed E-state index contributed by atoms with van der Waals surface area (Å²) in [7, 11) is -0.220. The highest BCUT2D eigenvalue weighted by Crippen LogP contribution is 2.14. The molecule has 6 heteroatoms. The lowest BCUT2D eigenvalue weighted by Gasteiger charge is -2.17. The van der Waals surface area contributed by atoms with Crippen LogP contribution in [0.2, 0.25) is 0 Å². The Bertz CT molecular complexity index is 474. The minimum absolute atomic E-state index is 0.0272. The van der Waals surface area contributed by atoms with Crippen molar-refractivity contribution in [3.63, 3.8) is 0 Å². The molecule has 1 aromatic rings. The zero-order valence-corrected chi connectivity index (χ0v) is 11.6. The highest BCUT2D eigenvalue weighted by atomic mass is 32.2. The van der Waals surface area contributed by atoms with E-state index in [4.69, 9.17) is 10.5 Å². The number of hydrogen-bond acceptors (Lipinski definition) is 4. The normalized spacial score (nSPS) is 12.0. The van der Waals surface area contributed by atoms with Gasteiger partial charge in [-0.3, -0.25) is 0 Å². The fourth-order valence-corrected chi connectivity index (χ4v) is 2.81. The van der Waals surface area contributed by atoms with E-state index in [1.807, 2.05) is 18.2 Å². The minimum atomic E-state index is -3.32. The predicted molar refractivity (Wildman–Crippen MR) is 71.5 cm³/mol.